The van der Waals surface area contributed by atoms with Crippen molar-refractivity contribution < 1.29 is 22.4 Å². The third-order valence-electron chi connectivity index (χ3n) is 4.24. The van der Waals surface area contributed by atoms with Gasteiger partial charge in [0.05, 0.1) is 22.3 Å². The Hall–Kier alpha value is -2.01. The monoisotopic (exact) mass is 406 g/mol. The van der Waals surface area contributed by atoms with Crippen molar-refractivity contribution in [3.63, 3.8) is 0 Å². The smallest absolute Gasteiger partial charge is 0.368 e. The lowest BCUT2D eigenvalue weighted by Crippen LogP contribution is -2.31. The van der Waals surface area contributed by atoms with Crippen LogP contribution in [0.5, 0.6) is 0 Å². The quantitative estimate of drug-likeness (QED) is 0.628. The summed E-state index contributed by atoms with van der Waals surface area (Å²) in [5.41, 5.74) is -0.762. The number of rotatable bonds is 3. The van der Waals surface area contributed by atoms with Crippen LogP contribution in [0.15, 0.2) is 17.5 Å². The molecule has 1 aliphatic rings. The summed E-state index contributed by atoms with van der Waals surface area (Å²) in [7, 11) is 2.85. The van der Waals surface area contributed by atoms with E-state index in [0.29, 0.717) is 0 Å². The van der Waals surface area contributed by atoms with E-state index in [9.17, 15) is 22.4 Å². The number of nitrogens with zero attached hydrogens (tertiary/aromatic N) is 3. The molecule has 5 nitrogen and oxygen atoms in total. The first-order valence-electron chi connectivity index (χ1n) is 7.49. The van der Waals surface area contributed by atoms with Gasteiger partial charge in [0.25, 0.3) is 0 Å². The van der Waals surface area contributed by atoms with Crippen LogP contribution in [0.2, 0.25) is 0 Å². The van der Waals surface area contributed by atoms with Crippen LogP contribution in [0.1, 0.15) is 17.3 Å². The predicted molar refractivity (Wildman–Crippen MR) is 92.6 cm³/mol. The molecule has 0 unspecified atom stereocenters. The van der Waals surface area contributed by atoms with Crippen LogP contribution in [-0.2, 0) is 18.0 Å². The highest BCUT2D eigenvalue weighted by atomic mass is 32.1. The Morgan fingerprint density at radius 1 is 1.42 bits per heavy atom. The Morgan fingerprint density at radius 3 is 2.65 bits per heavy atom. The number of amides is 1. The van der Waals surface area contributed by atoms with Crippen LogP contribution in [0.3, 0.4) is 0 Å². The molecule has 2 aromatic heterocycles. The van der Waals surface area contributed by atoms with E-state index < -0.39 is 34.7 Å². The molecule has 1 N–H and O–H groups in total. The van der Waals surface area contributed by atoms with Gasteiger partial charge in [0.2, 0.25) is 5.91 Å². The number of carbonyl (C=O) groups excluding carboxylic acids is 1. The summed E-state index contributed by atoms with van der Waals surface area (Å²) in [6.45, 7) is 0.247. The Balaban J connectivity index is 1.92. The molecule has 0 aliphatic carbocycles. The topological polar surface area (TPSA) is 50.2 Å². The number of aryl methyl sites for hydroxylation is 1. The average molecular weight is 406 g/mol. The molecule has 0 aromatic carbocycles. The van der Waals surface area contributed by atoms with Crippen molar-refractivity contribution in [2.24, 2.45) is 13.0 Å². The molecular formula is C15H14F4N4OS2. The second-order valence-electron chi connectivity index (χ2n) is 5.98. The molecule has 26 heavy (non-hydrogen) atoms. The van der Waals surface area contributed by atoms with Crippen LogP contribution in [0.25, 0.3) is 0 Å². The number of halogens is 4. The molecule has 3 heterocycles. The van der Waals surface area contributed by atoms with Crippen molar-refractivity contribution in [1.29, 1.82) is 0 Å². The standard InChI is InChI=1S/C15H14F4N4OS2/c1-22-6-7(9-5-10(15(17,18)19)23(2)21-9)11(14(22)25)13(24)20-8-3-4-26-12(8)16/h3-5,7,11H,6H2,1-2H3,(H,20,24)/t7-,11+/m1/s1. The minimum absolute atomic E-state index is 0.0214. The predicted octanol–water partition coefficient (Wildman–Crippen LogP) is 3.25. The van der Waals surface area contributed by atoms with E-state index in [1.165, 1.54) is 18.5 Å². The summed E-state index contributed by atoms with van der Waals surface area (Å²) in [6, 6.07) is 2.34. The molecule has 11 heteroatoms. The Bertz CT molecular complexity index is 860. The fourth-order valence-corrected chi connectivity index (χ4v) is 3.90. The Morgan fingerprint density at radius 2 is 2.12 bits per heavy atom. The van der Waals surface area contributed by atoms with Crippen molar-refractivity contribution in [3.05, 3.63) is 34.0 Å². The van der Waals surface area contributed by atoms with Gasteiger partial charge < -0.3 is 10.2 Å². The average Bonchev–Trinajstić information content (AvgIpc) is 3.19. The van der Waals surface area contributed by atoms with Gasteiger partial charge in [-0.3, -0.25) is 9.48 Å². The summed E-state index contributed by atoms with van der Waals surface area (Å²) in [5, 5.41) is 7.32. The van der Waals surface area contributed by atoms with Gasteiger partial charge in [0.15, 0.2) is 5.13 Å². The SMILES string of the molecule is CN1C[C@H](c2cc(C(F)(F)F)n(C)n2)[C@@H](C(=O)Nc2ccsc2F)C1=S. The maximum absolute atomic E-state index is 13.6. The van der Waals surface area contributed by atoms with Crippen LogP contribution < -0.4 is 5.32 Å². The molecule has 1 fully saturated rings. The molecule has 0 saturated carbocycles. The van der Waals surface area contributed by atoms with Gasteiger partial charge >= 0.3 is 6.18 Å². The molecule has 0 radical (unpaired) electrons. The lowest BCUT2D eigenvalue weighted by Gasteiger charge is -2.16. The zero-order valence-corrected chi connectivity index (χ0v) is 15.3. The number of carbonyl (C=O) groups is 1. The van der Waals surface area contributed by atoms with Crippen molar-refractivity contribution >= 4 is 40.1 Å². The summed E-state index contributed by atoms with van der Waals surface area (Å²) in [4.78, 5) is 14.6. The summed E-state index contributed by atoms with van der Waals surface area (Å²) < 4.78 is 53.5. The second-order valence-corrected chi connectivity index (χ2v) is 7.26. The van der Waals surface area contributed by atoms with E-state index in [4.69, 9.17) is 12.2 Å². The van der Waals surface area contributed by atoms with Crippen LogP contribution in [0, 0.1) is 11.0 Å². The Kier molecular flexibility index (Phi) is 4.78. The first-order chi connectivity index (χ1) is 12.1. The van der Waals surface area contributed by atoms with Crippen LogP contribution in [0.4, 0.5) is 23.2 Å². The minimum atomic E-state index is -4.55. The number of thiocarbonyl (C=S) groups is 1. The van der Waals surface area contributed by atoms with Gasteiger partial charge in [0, 0.05) is 26.6 Å². The number of alkyl halides is 3. The fraction of sp³-hybridized carbons (Fsp3) is 0.400. The van der Waals surface area contributed by atoms with Gasteiger partial charge in [-0.15, -0.1) is 11.3 Å². The third kappa shape index (κ3) is 3.32. The molecule has 1 saturated heterocycles. The molecule has 2 atom stereocenters. The first kappa shape index (κ1) is 18.8. The van der Waals surface area contributed by atoms with Gasteiger partial charge in [-0.2, -0.15) is 22.7 Å². The normalized spacial score (nSPS) is 20.7. The van der Waals surface area contributed by atoms with Crippen molar-refractivity contribution in [2.45, 2.75) is 12.1 Å². The highest BCUT2D eigenvalue weighted by Crippen LogP contribution is 2.37. The zero-order chi connectivity index (χ0) is 19.2. The van der Waals surface area contributed by atoms with Gasteiger partial charge in [0.1, 0.15) is 5.69 Å². The van der Waals surface area contributed by atoms with Crippen molar-refractivity contribution in [3.8, 4) is 0 Å². The maximum Gasteiger partial charge on any atom is 0.433 e. The van der Waals surface area contributed by atoms with Crippen molar-refractivity contribution in [1.82, 2.24) is 14.7 Å². The highest BCUT2D eigenvalue weighted by molar-refractivity contribution is 7.80. The second kappa shape index (κ2) is 6.62. The van der Waals surface area contributed by atoms with E-state index in [1.54, 1.807) is 11.9 Å². The lowest BCUT2D eigenvalue weighted by molar-refractivity contribution is -0.143. The number of anilines is 1. The molecular weight excluding hydrogens is 392 g/mol. The maximum atomic E-state index is 13.6. The molecule has 140 valence electrons. The van der Waals surface area contributed by atoms with E-state index in [0.717, 1.165) is 22.1 Å². The number of aromatic nitrogens is 2. The van der Waals surface area contributed by atoms with E-state index in [-0.39, 0.29) is 22.9 Å². The fourth-order valence-electron chi connectivity index (χ4n) is 2.99. The summed E-state index contributed by atoms with van der Waals surface area (Å²) in [5.74, 6) is -2.14. The summed E-state index contributed by atoms with van der Waals surface area (Å²) >= 11 is 6.11. The zero-order valence-electron chi connectivity index (χ0n) is 13.7. The molecule has 1 amide bonds. The minimum Gasteiger partial charge on any atom is -0.368 e. The number of likely N-dealkylation sites (tertiary alicyclic amines) is 1. The first-order valence-corrected chi connectivity index (χ1v) is 8.78. The van der Waals surface area contributed by atoms with Gasteiger partial charge in [-0.25, -0.2) is 0 Å². The van der Waals surface area contributed by atoms with Crippen LogP contribution in [-0.4, -0.2) is 39.2 Å². The van der Waals surface area contributed by atoms with E-state index in [1.807, 2.05) is 0 Å². The number of thiophene rings is 1. The lowest BCUT2D eigenvalue weighted by atomic mass is 9.91. The molecule has 0 spiro atoms. The largest absolute Gasteiger partial charge is 0.433 e. The number of likely N-dealkylation sites (N-methyl/N-ethyl adjacent to an activating group) is 1. The molecule has 2 aromatic rings. The van der Waals surface area contributed by atoms with Crippen molar-refractivity contribution in [2.75, 3.05) is 18.9 Å². The van der Waals surface area contributed by atoms with Gasteiger partial charge in [-0.1, -0.05) is 12.2 Å². The van der Waals surface area contributed by atoms with Gasteiger partial charge in [-0.05, 0) is 17.5 Å². The van der Waals surface area contributed by atoms with E-state index in [2.05, 4.69) is 10.4 Å². The molecule has 3 rings (SSSR count). The third-order valence-corrected chi connectivity index (χ3v) is 5.51. The number of hydrogen-bond acceptors (Lipinski definition) is 4. The number of hydrogen-bond donors (Lipinski definition) is 1. The molecule has 0 bridgehead atoms. The Labute approximate surface area is 155 Å². The van der Waals surface area contributed by atoms with E-state index >= 15 is 0 Å². The van der Waals surface area contributed by atoms with Crippen LogP contribution >= 0.6 is 23.6 Å². The number of nitrogens with one attached hydrogen (secondary N) is 1. The molecule has 1 aliphatic heterocycles. The highest BCUT2D eigenvalue weighted by Gasteiger charge is 2.44. The summed E-state index contributed by atoms with van der Waals surface area (Å²) in [6.07, 6.45) is -4.55.